The first-order valence-corrected chi connectivity index (χ1v) is 9.58. The Hall–Kier alpha value is -1.70. The van der Waals surface area contributed by atoms with E-state index >= 15 is 0 Å². The van der Waals surface area contributed by atoms with Crippen LogP contribution in [0.4, 0.5) is 5.13 Å². The molecular weight excluding hydrogens is 362 g/mol. The normalized spacial score (nSPS) is 19.5. The summed E-state index contributed by atoms with van der Waals surface area (Å²) in [6.07, 6.45) is 6.65. The minimum absolute atomic E-state index is 0.0358. The average Bonchev–Trinajstić information content (AvgIpc) is 3.25. The zero-order valence-corrected chi connectivity index (χ0v) is 15.2. The second-order valence-corrected chi connectivity index (χ2v) is 7.66. The summed E-state index contributed by atoms with van der Waals surface area (Å²) in [5.41, 5.74) is 1.50. The molecule has 132 valence electrons. The lowest BCUT2D eigenvalue weighted by atomic mass is 10.0. The van der Waals surface area contributed by atoms with Gasteiger partial charge in [-0.3, -0.25) is 10.1 Å². The largest absolute Gasteiger partial charge is 0.471 e. The molecule has 1 atom stereocenters. The smallest absolute Gasteiger partial charge is 0.259 e. The van der Waals surface area contributed by atoms with E-state index in [9.17, 15) is 4.79 Å². The fraction of sp³-hybridized carbons (Fsp3) is 0.471. The van der Waals surface area contributed by atoms with Crippen molar-refractivity contribution in [1.29, 1.82) is 0 Å². The van der Waals surface area contributed by atoms with Gasteiger partial charge in [-0.25, -0.2) is 9.97 Å². The maximum Gasteiger partial charge on any atom is 0.259 e. The third kappa shape index (κ3) is 3.78. The van der Waals surface area contributed by atoms with E-state index in [4.69, 9.17) is 21.1 Å². The highest BCUT2D eigenvalue weighted by molar-refractivity contribution is 7.15. The van der Waals surface area contributed by atoms with Crippen LogP contribution in [0, 0.1) is 0 Å². The minimum atomic E-state index is -0.267. The van der Waals surface area contributed by atoms with Crippen LogP contribution in [0.15, 0.2) is 12.3 Å². The number of aryl methyl sites for hydroxylation is 2. The number of ether oxygens (including phenoxy) is 2. The highest BCUT2D eigenvalue weighted by Crippen LogP contribution is 2.30. The monoisotopic (exact) mass is 379 g/mol. The van der Waals surface area contributed by atoms with Gasteiger partial charge in [0.2, 0.25) is 5.88 Å². The molecule has 1 aliphatic heterocycles. The van der Waals surface area contributed by atoms with Crippen molar-refractivity contribution < 1.29 is 14.3 Å². The number of anilines is 1. The van der Waals surface area contributed by atoms with Gasteiger partial charge < -0.3 is 9.47 Å². The number of hydrogen-bond acceptors (Lipinski definition) is 6. The van der Waals surface area contributed by atoms with Gasteiger partial charge >= 0.3 is 0 Å². The summed E-state index contributed by atoms with van der Waals surface area (Å²) in [7, 11) is 0. The molecule has 8 heteroatoms. The highest BCUT2D eigenvalue weighted by atomic mass is 35.5. The Labute approximate surface area is 154 Å². The predicted molar refractivity (Wildman–Crippen MR) is 95.8 cm³/mol. The minimum Gasteiger partial charge on any atom is -0.471 e. The van der Waals surface area contributed by atoms with Crippen LogP contribution in [0.3, 0.4) is 0 Å². The first-order chi connectivity index (χ1) is 12.2. The summed E-state index contributed by atoms with van der Waals surface area (Å²) in [4.78, 5) is 22.4. The number of amides is 1. The molecule has 1 saturated heterocycles. The van der Waals surface area contributed by atoms with E-state index in [2.05, 4.69) is 15.3 Å². The fourth-order valence-corrected chi connectivity index (χ4v) is 4.23. The molecule has 1 aliphatic carbocycles. The molecule has 0 bridgehead atoms. The maximum absolute atomic E-state index is 12.4. The Balaban J connectivity index is 1.44. The van der Waals surface area contributed by atoms with Crippen LogP contribution in [-0.2, 0) is 17.6 Å². The lowest BCUT2D eigenvalue weighted by molar-refractivity contribution is 0.102. The van der Waals surface area contributed by atoms with E-state index in [-0.39, 0.29) is 12.0 Å². The number of pyridine rings is 1. The number of carbonyl (C=O) groups is 1. The Bertz CT molecular complexity index is 766. The number of rotatable bonds is 4. The summed E-state index contributed by atoms with van der Waals surface area (Å²) in [6.45, 7) is 1.22. The zero-order chi connectivity index (χ0) is 17.2. The van der Waals surface area contributed by atoms with Crippen molar-refractivity contribution in [3.8, 4) is 5.88 Å². The first-order valence-electron chi connectivity index (χ1n) is 8.39. The van der Waals surface area contributed by atoms with Gasteiger partial charge in [0, 0.05) is 17.5 Å². The molecule has 0 saturated carbocycles. The second-order valence-electron chi connectivity index (χ2n) is 6.16. The Morgan fingerprint density at radius 3 is 3.04 bits per heavy atom. The standard InChI is InChI=1S/C17H18ClN3O3S/c18-12-7-10(8-19-16(12)24-11-5-6-23-9-11)15(22)21-17-20-13-3-1-2-4-14(13)25-17/h7-8,11H,1-6,9H2,(H,20,21,22). The number of thiazole rings is 1. The van der Waals surface area contributed by atoms with E-state index in [1.165, 1.54) is 17.5 Å². The molecule has 0 aromatic carbocycles. The lowest BCUT2D eigenvalue weighted by Crippen LogP contribution is -2.17. The molecule has 6 nitrogen and oxygen atoms in total. The fourth-order valence-electron chi connectivity index (χ4n) is 2.97. The molecule has 1 fully saturated rings. The van der Waals surface area contributed by atoms with Crippen LogP contribution >= 0.6 is 22.9 Å². The summed E-state index contributed by atoms with van der Waals surface area (Å²) in [5, 5.41) is 3.80. The molecule has 0 spiro atoms. The van der Waals surface area contributed by atoms with E-state index < -0.39 is 0 Å². The quantitative estimate of drug-likeness (QED) is 0.880. The molecule has 1 N–H and O–H groups in total. The van der Waals surface area contributed by atoms with Gasteiger partial charge in [0.15, 0.2) is 5.13 Å². The molecule has 4 rings (SSSR count). The average molecular weight is 380 g/mol. The molecular formula is C17H18ClN3O3S. The number of halogens is 1. The van der Waals surface area contributed by atoms with Gasteiger partial charge in [0.25, 0.3) is 5.91 Å². The van der Waals surface area contributed by atoms with Crippen LogP contribution < -0.4 is 10.1 Å². The van der Waals surface area contributed by atoms with Crippen molar-refractivity contribution in [3.05, 3.63) is 33.4 Å². The summed E-state index contributed by atoms with van der Waals surface area (Å²) >= 11 is 7.77. The number of fused-ring (bicyclic) bond motifs is 1. The second kappa shape index (κ2) is 7.27. The van der Waals surface area contributed by atoms with Gasteiger partial charge in [0.1, 0.15) is 11.1 Å². The van der Waals surface area contributed by atoms with Crippen LogP contribution in [0.1, 0.15) is 40.2 Å². The van der Waals surface area contributed by atoms with Gasteiger partial charge in [-0.1, -0.05) is 11.6 Å². The van der Waals surface area contributed by atoms with Crippen molar-refractivity contribution >= 4 is 34.0 Å². The Kier molecular flexibility index (Phi) is 4.87. The third-order valence-electron chi connectivity index (χ3n) is 4.30. The molecule has 2 aromatic rings. The van der Waals surface area contributed by atoms with Crippen molar-refractivity contribution in [2.24, 2.45) is 0 Å². The van der Waals surface area contributed by atoms with Crippen LogP contribution in [0.25, 0.3) is 0 Å². The van der Waals surface area contributed by atoms with E-state index in [0.717, 1.165) is 31.4 Å². The van der Waals surface area contributed by atoms with Gasteiger partial charge in [-0.2, -0.15) is 0 Å². The third-order valence-corrected chi connectivity index (χ3v) is 5.65. The Morgan fingerprint density at radius 2 is 2.28 bits per heavy atom. The summed E-state index contributed by atoms with van der Waals surface area (Å²) < 4.78 is 11.0. The van der Waals surface area contributed by atoms with Gasteiger partial charge in [-0.15, -0.1) is 11.3 Å². The molecule has 0 radical (unpaired) electrons. The number of nitrogens with one attached hydrogen (secondary N) is 1. The number of carbonyl (C=O) groups excluding carboxylic acids is 1. The number of aromatic nitrogens is 2. The topological polar surface area (TPSA) is 73.3 Å². The van der Waals surface area contributed by atoms with Gasteiger partial charge in [-0.05, 0) is 31.7 Å². The van der Waals surface area contributed by atoms with E-state index in [1.54, 1.807) is 17.4 Å². The molecule has 2 aliphatic rings. The summed E-state index contributed by atoms with van der Waals surface area (Å²) in [6, 6.07) is 1.57. The lowest BCUT2D eigenvalue weighted by Gasteiger charge is -2.12. The molecule has 2 aromatic heterocycles. The predicted octanol–water partition coefficient (Wildman–Crippen LogP) is 3.49. The number of nitrogens with zero attached hydrogens (tertiary/aromatic N) is 2. The van der Waals surface area contributed by atoms with Crippen molar-refractivity contribution in [1.82, 2.24) is 9.97 Å². The van der Waals surface area contributed by atoms with Crippen LogP contribution in [0.5, 0.6) is 5.88 Å². The molecule has 1 amide bonds. The Morgan fingerprint density at radius 1 is 1.40 bits per heavy atom. The van der Waals surface area contributed by atoms with Crippen molar-refractivity contribution in [3.63, 3.8) is 0 Å². The molecule has 25 heavy (non-hydrogen) atoms. The van der Waals surface area contributed by atoms with Crippen molar-refractivity contribution in [2.75, 3.05) is 18.5 Å². The molecule has 1 unspecified atom stereocenters. The van der Waals surface area contributed by atoms with Crippen LogP contribution in [0.2, 0.25) is 5.02 Å². The molecule has 3 heterocycles. The van der Waals surface area contributed by atoms with E-state index in [0.29, 0.717) is 34.8 Å². The zero-order valence-electron chi connectivity index (χ0n) is 13.6. The SMILES string of the molecule is O=C(Nc1nc2c(s1)CCCC2)c1cnc(OC2CCOC2)c(Cl)c1. The van der Waals surface area contributed by atoms with Crippen LogP contribution in [-0.4, -0.2) is 35.2 Å². The number of hydrogen-bond donors (Lipinski definition) is 1. The highest BCUT2D eigenvalue weighted by Gasteiger charge is 2.21. The van der Waals surface area contributed by atoms with E-state index in [1.807, 2.05) is 0 Å². The van der Waals surface area contributed by atoms with Crippen molar-refractivity contribution in [2.45, 2.75) is 38.2 Å². The maximum atomic E-state index is 12.4. The van der Waals surface area contributed by atoms with Gasteiger partial charge in [0.05, 0.1) is 24.5 Å². The summed E-state index contributed by atoms with van der Waals surface area (Å²) in [5.74, 6) is 0.0645. The first kappa shape index (κ1) is 16.8.